The van der Waals surface area contributed by atoms with Gasteiger partial charge in [-0.05, 0) is 157 Å². The van der Waals surface area contributed by atoms with E-state index in [0.717, 1.165) is 77.0 Å². The predicted molar refractivity (Wildman–Crippen MR) is 259 cm³/mol. The minimum Gasteiger partial charge on any atom is -0.456 e. The molecule has 11 rings (SSSR count). The van der Waals surface area contributed by atoms with Crippen molar-refractivity contribution in [2.45, 2.75) is 41.5 Å². The molecule has 0 unspecified atom stereocenters. The molecule has 2 aromatic heterocycles. The summed E-state index contributed by atoms with van der Waals surface area (Å²) in [5, 5.41) is 18.6. The molecular weight excluding hydrogens is 759 g/mol. The summed E-state index contributed by atoms with van der Waals surface area (Å²) in [4.78, 5) is 4.74. The van der Waals surface area contributed by atoms with Crippen molar-refractivity contribution in [3.05, 3.63) is 191 Å². The lowest BCUT2D eigenvalue weighted by Gasteiger charge is -2.30. The first-order valence-electron chi connectivity index (χ1n) is 21.1. The third-order valence-electron chi connectivity index (χ3n) is 12.7. The summed E-state index contributed by atoms with van der Waals surface area (Å²) in [6.07, 6.45) is 0. The normalized spacial score (nSPS) is 11.7. The third-order valence-corrected chi connectivity index (χ3v) is 12.7. The van der Waals surface area contributed by atoms with Crippen LogP contribution in [-0.2, 0) is 0 Å². The molecule has 0 aliphatic rings. The summed E-state index contributed by atoms with van der Waals surface area (Å²) in [7, 11) is 0. The second-order valence-corrected chi connectivity index (χ2v) is 16.8. The average molecular weight is 802 g/mol. The summed E-state index contributed by atoms with van der Waals surface area (Å²) < 4.78 is 13.4. The molecule has 5 nitrogen and oxygen atoms in total. The van der Waals surface area contributed by atoms with Gasteiger partial charge in [0.05, 0.1) is 16.9 Å². The zero-order valence-corrected chi connectivity index (χ0v) is 35.6. The number of fused-ring (bicyclic) bond motifs is 9. The molecular formula is C57H43N3O2. The molecule has 0 spiro atoms. The van der Waals surface area contributed by atoms with E-state index in [1.165, 1.54) is 44.8 Å². The van der Waals surface area contributed by atoms with Crippen LogP contribution in [0.2, 0.25) is 0 Å². The second kappa shape index (κ2) is 14.1. The van der Waals surface area contributed by atoms with E-state index in [1.54, 1.807) is 0 Å². The topological polar surface area (TPSA) is 56.6 Å². The number of aryl methyl sites for hydroxylation is 6. The van der Waals surface area contributed by atoms with E-state index in [4.69, 9.17) is 8.83 Å². The maximum atomic E-state index is 10.5. The van der Waals surface area contributed by atoms with Gasteiger partial charge in [0, 0.05) is 50.4 Å². The van der Waals surface area contributed by atoms with Gasteiger partial charge in [-0.25, -0.2) is 0 Å². The molecule has 2 heterocycles. The number of hydrogen-bond acceptors (Lipinski definition) is 5. The van der Waals surface area contributed by atoms with Crippen LogP contribution in [0.25, 0.3) is 65.4 Å². The average Bonchev–Trinajstić information content (AvgIpc) is 3.81. The van der Waals surface area contributed by atoms with Gasteiger partial charge in [-0.2, -0.15) is 5.26 Å². The smallest absolute Gasteiger partial charge is 0.154 e. The Kier molecular flexibility index (Phi) is 8.49. The van der Waals surface area contributed by atoms with E-state index in [2.05, 4.69) is 203 Å². The fourth-order valence-corrected chi connectivity index (χ4v) is 9.75. The Labute approximate surface area is 360 Å². The SMILES string of the molecule is Cc1ccccc1N(c1ccc2cc3c(cc2c1)oc1cc(C#N)c2oc4cc5cc(N(c6ccccc6C)c6c(C)cccc6C)ccc5cc4c2c13)c1c(C)cccc1C. The fraction of sp³-hybridized carbons (Fsp3) is 0.105. The minimum absolute atomic E-state index is 0.447. The summed E-state index contributed by atoms with van der Waals surface area (Å²) in [6.45, 7) is 13.0. The Hall–Kier alpha value is -7.81. The fourth-order valence-electron chi connectivity index (χ4n) is 9.75. The van der Waals surface area contributed by atoms with E-state index in [9.17, 15) is 5.26 Å². The predicted octanol–water partition coefficient (Wildman–Crippen LogP) is 16.5. The van der Waals surface area contributed by atoms with Crippen LogP contribution < -0.4 is 9.80 Å². The lowest BCUT2D eigenvalue weighted by atomic mass is 9.98. The molecule has 0 amide bonds. The Morgan fingerprint density at radius 1 is 0.403 bits per heavy atom. The first-order valence-corrected chi connectivity index (χ1v) is 21.1. The highest BCUT2D eigenvalue weighted by molar-refractivity contribution is 6.28. The molecule has 9 aromatic carbocycles. The van der Waals surface area contributed by atoms with Crippen molar-refractivity contribution >= 4 is 99.5 Å². The first-order chi connectivity index (χ1) is 30.2. The molecule has 0 saturated carbocycles. The van der Waals surface area contributed by atoms with E-state index in [0.29, 0.717) is 16.7 Å². The van der Waals surface area contributed by atoms with Gasteiger partial charge in [0.25, 0.3) is 0 Å². The van der Waals surface area contributed by atoms with Gasteiger partial charge >= 0.3 is 0 Å². The Morgan fingerprint density at radius 2 is 0.855 bits per heavy atom. The number of hydrogen-bond donors (Lipinski definition) is 0. The molecule has 0 aliphatic carbocycles. The monoisotopic (exact) mass is 801 g/mol. The molecule has 0 fully saturated rings. The standard InChI is InChI=1S/C57H43N3O2/c1-33-13-7-9-19-48(33)59(55-35(3)15-11-16-36(55)4)44-23-21-39-27-46-50(29-41(39)25-44)61-52-31-43(32-58)57-54(53(46)52)47-28-40-22-24-45(26-42(40)30-51(47)62-57)60(49-20-10-8-14-34(49)2)56-37(5)17-12-18-38(56)6/h7-31H,1-6H3. The number of benzene rings is 9. The number of nitriles is 1. The number of rotatable bonds is 6. The number of anilines is 6. The zero-order chi connectivity index (χ0) is 42.4. The maximum Gasteiger partial charge on any atom is 0.154 e. The van der Waals surface area contributed by atoms with E-state index in [-0.39, 0.29) is 0 Å². The molecule has 5 heteroatoms. The van der Waals surface area contributed by atoms with Crippen molar-refractivity contribution in [2.24, 2.45) is 0 Å². The van der Waals surface area contributed by atoms with Crippen LogP contribution in [0.15, 0.2) is 160 Å². The third kappa shape index (κ3) is 5.75. The minimum atomic E-state index is 0.447. The highest BCUT2D eigenvalue weighted by atomic mass is 16.3. The van der Waals surface area contributed by atoms with Crippen molar-refractivity contribution in [1.82, 2.24) is 0 Å². The molecule has 0 radical (unpaired) electrons. The molecule has 0 bridgehead atoms. The van der Waals surface area contributed by atoms with Crippen LogP contribution in [0.4, 0.5) is 34.1 Å². The van der Waals surface area contributed by atoms with Crippen molar-refractivity contribution in [3.8, 4) is 6.07 Å². The quantitative estimate of drug-likeness (QED) is 0.168. The highest BCUT2D eigenvalue weighted by Crippen LogP contribution is 2.47. The summed E-state index contributed by atoms with van der Waals surface area (Å²) in [5.41, 5.74) is 17.1. The van der Waals surface area contributed by atoms with Gasteiger partial charge in [0.15, 0.2) is 5.58 Å². The van der Waals surface area contributed by atoms with Crippen molar-refractivity contribution < 1.29 is 8.83 Å². The van der Waals surface area contributed by atoms with Crippen LogP contribution in [-0.4, -0.2) is 0 Å². The highest BCUT2D eigenvalue weighted by Gasteiger charge is 2.24. The number of nitrogens with zero attached hydrogens (tertiary/aromatic N) is 3. The second-order valence-electron chi connectivity index (χ2n) is 16.8. The van der Waals surface area contributed by atoms with Crippen LogP contribution >= 0.6 is 0 Å². The molecule has 0 atom stereocenters. The van der Waals surface area contributed by atoms with Gasteiger partial charge < -0.3 is 18.6 Å². The number of furan rings is 2. The number of para-hydroxylation sites is 4. The van der Waals surface area contributed by atoms with Crippen molar-refractivity contribution in [2.75, 3.05) is 9.80 Å². The first kappa shape index (κ1) is 37.2. The molecule has 0 saturated heterocycles. The maximum absolute atomic E-state index is 10.5. The molecule has 11 aromatic rings. The molecule has 0 aliphatic heterocycles. The van der Waals surface area contributed by atoms with E-state index < -0.39 is 0 Å². The van der Waals surface area contributed by atoms with Crippen LogP contribution in [0.5, 0.6) is 0 Å². The Balaban J connectivity index is 1.09. The van der Waals surface area contributed by atoms with Crippen LogP contribution in [0.1, 0.15) is 38.9 Å². The lowest BCUT2D eigenvalue weighted by molar-refractivity contribution is 0.662. The largest absolute Gasteiger partial charge is 0.456 e. The summed E-state index contributed by atoms with van der Waals surface area (Å²) in [5.74, 6) is 0. The zero-order valence-electron chi connectivity index (χ0n) is 35.6. The van der Waals surface area contributed by atoms with Gasteiger partial charge in [-0.15, -0.1) is 0 Å². The van der Waals surface area contributed by atoms with Gasteiger partial charge in [0.2, 0.25) is 0 Å². The van der Waals surface area contributed by atoms with Gasteiger partial charge in [0.1, 0.15) is 22.8 Å². The molecule has 0 N–H and O–H groups in total. The van der Waals surface area contributed by atoms with Crippen LogP contribution in [0, 0.1) is 52.9 Å². The van der Waals surface area contributed by atoms with Crippen LogP contribution in [0.3, 0.4) is 0 Å². The van der Waals surface area contributed by atoms with E-state index in [1.807, 2.05) is 6.07 Å². The van der Waals surface area contributed by atoms with Gasteiger partial charge in [-0.1, -0.05) is 84.9 Å². The lowest BCUT2D eigenvalue weighted by Crippen LogP contribution is -2.14. The summed E-state index contributed by atoms with van der Waals surface area (Å²) >= 11 is 0. The van der Waals surface area contributed by atoms with Crippen molar-refractivity contribution in [3.63, 3.8) is 0 Å². The molecule has 298 valence electrons. The van der Waals surface area contributed by atoms with Gasteiger partial charge in [-0.3, -0.25) is 0 Å². The Bertz CT molecular complexity index is 3650. The van der Waals surface area contributed by atoms with E-state index >= 15 is 0 Å². The summed E-state index contributed by atoms with van der Waals surface area (Å²) in [6, 6.07) is 56.3. The Morgan fingerprint density at radius 3 is 1.34 bits per heavy atom. The molecule has 62 heavy (non-hydrogen) atoms. The van der Waals surface area contributed by atoms with Crippen molar-refractivity contribution in [1.29, 1.82) is 5.26 Å².